The van der Waals surface area contributed by atoms with Gasteiger partial charge in [-0.25, -0.2) is 0 Å². The van der Waals surface area contributed by atoms with Crippen LogP contribution in [0.3, 0.4) is 0 Å². The Morgan fingerprint density at radius 1 is 1.23 bits per heavy atom. The number of ketones is 1. The highest BCUT2D eigenvalue weighted by Gasteiger charge is 2.23. The van der Waals surface area contributed by atoms with Crippen molar-refractivity contribution in [3.63, 3.8) is 0 Å². The van der Waals surface area contributed by atoms with Gasteiger partial charge >= 0.3 is 0 Å². The SMILES string of the molecule is CCCCCCOC(C)(C)C(C)=O. The zero-order valence-electron chi connectivity index (χ0n) is 9.35. The Labute approximate surface area is 81.7 Å². The number of ether oxygens (including phenoxy) is 1. The standard InChI is InChI=1S/C11H22O2/c1-5-6-7-8-9-13-11(3,4)10(2)12/h5-9H2,1-4H3. The highest BCUT2D eigenvalue weighted by Crippen LogP contribution is 2.11. The van der Waals surface area contributed by atoms with Gasteiger partial charge in [0.1, 0.15) is 5.60 Å². The van der Waals surface area contributed by atoms with Gasteiger partial charge in [-0.3, -0.25) is 4.79 Å². The van der Waals surface area contributed by atoms with E-state index in [4.69, 9.17) is 4.74 Å². The molecular weight excluding hydrogens is 164 g/mol. The van der Waals surface area contributed by atoms with Crippen LogP contribution >= 0.6 is 0 Å². The summed E-state index contributed by atoms with van der Waals surface area (Å²) in [4.78, 5) is 11.1. The maximum absolute atomic E-state index is 11.1. The molecule has 0 aromatic carbocycles. The predicted molar refractivity (Wildman–Crippen MR) is 54.9 cm³/mol. The molecule has 0 aliphatic heterocycles. The fraction of sp³-hybridized carbons (Fsp3) is 0.909. The zero-order valence-corrected chi connectivity index (χ0v) is 9.35. The minimum atomic E-state index is -0.591. The maximum atomic E-state index is 11.1. The van der Waals surface area contributed by atoms with Crippen LogP contribution < -0.4 is 0 Å². The van der Waals surface area contributed by atoms with Gasteiger partial charge < -0.3 is 4.74 Å². The van der Waals surface area contributed by atoms with Crippen molar-refractivity contribution in [2.45, 2.75) is 59.0 Å². The second-order valence-electron chi connectivity index (χ2n) is 3.98. The first-order valence-electron chi connectivity index (χ1n) is 5.15. The third kappa shape index (κ3) is 5.81. The molecule has 0 aromatic heterocycles. The number of hydrogen-bond donors (Lipinski definition) is 0. The Balaban J connectivity index is 3.46. The minimum Gasteiger partial charge on any atom is -0.368 e. The van der Waals surface area contributed by atoms with Gasteiger partial charge in [0.15, 0.2) is 5.78 Å². The lowest BCUT2D eigenvalue weighted by molar-refractivity contribution is -0.138. The van der Waals surface area contributed by atoms with Crippen molar-refractivity contribution in [1.29, 1.82) is 0 Å². The number of carbonyl (C=O) groups is 1. The van der Waals surface area contributed by atoms with Crippen LogP contribution in [-0.4, -0.2) is 18.0 Å². The van der Waals surface area contributed by atoms with E-state index >= 15 is 0 Å². The summed E-state index contributed by atoms with van der Waals surface area (Å²) in [5.74, 6) is 0.1000. The molecule has 0 fully saturated rings. The quantitative estimate of drug-likeness (QED) is 0.571. The summed E-state index contributed by atoms with van der Waals surface area (Å²) in [5.41, 5.74) is -0.591. The predicted octanol–water partition coefficient (Wildman–Crippen LogP) is 2.95. The van der Waals surface area contributed by atoms with Crippen molar-refractivity contribution in [3.05, 3.63) is 0 Å². The molecule has 0 amide bonds. The van der Waals surface area contributed by atoms with Crippen molar-refractivity contribution in [1.82, 2.24) is 0 Å². The van der Waals surface area contributed by atoms with Crippen LogP contribution in [0, 0.1) is 0 Å². The molecule has 0 atom stereocenters. The van der Waals surface area contributed by atoms with E-state index < -0.39 is 5.60 Å². The molecule has 0 aliphatic rings. The normalized spacial score (nSPS) is 11.7. The largest absolute Gasteiger partial charge is 0.368 e. The van der Waals surface area contributed by atoms with Crippen molar-refractivity contribution < 1.29 is 9.53 Å². The summed E-state index contributed by atoms with van der Waals surface area (Å²) in [6.07, 6.45) is 4.75. The van der Waals surface area contributed by atoms with Gasteiger partial charge in [-0.15, -0.1) is 0 Å². The molecular formula is C11H22O2. The Morgan fingerprint density at radius 3 is 2.31 bits per heavy atom. The van der Waals surface area contributed by atoms with Crippen molar-refractivity contribution in [2.24, 2.45) is 0 Å². The highest BCUT2D eigenvalue weighted by atomic mass is 16.5. The van der Waals surface area contributed by atoms with E-state index in [0.717, 1.165) is 6.42 Å². The topological polar surface area (TPSA) is 26.3 Å². The van der Waals surface area contributed by atoms with E-state index in [9.17, 15) is 4.79 Å². The van der Waals surface area contributed by atoms with E-state index in [1.807, 2.05) is 13.8 Å². The van der Waals surface area contributed by atoms with Gasteiger partial charge in [0, 0.05) is 6.61 Å². The maximum Gasteiger partial charge on any atom is 0.160 e. The average molecular weight is 186 g/mol. The summed E-state index contributed by atoms with van der Waals surface area (Å²) in [6, 6.07) is 0. The molecule has 2 heteroatoms. The molecule has 0 aliphatic carbocycles. The first-order valence-corrected chi connectivity index (χ1v) is 5.15. The lowest BCUT2D eigenvalue weighted by atomic mass is 10.1. The van der Waals surface area contributed by atoms with Gasteiger partial charge in [0.25, 0.3) is 0 Å². The molecule has 13 heavy (non-hydrogen) atoms. The summed E-state index contributed by atoms with van der Waals surface area (Å²) in [5, 5.41) is 0. The molecule has 2 nitrogen and oxygen atoms in total. The molecule has 0 saturated carbocycles. The summed E-state index contributed by atoms with van der Waals surface area (Å²) in [6.45, 7) is 8.11. The Bertz CT molecular complexity index is 150. The van der Waals surface area contributed by atoms with Crippen molar-refractivity contribution in [2.75, 3.05) is 6.61 Å². The van der Waals surface area contributed by atoms with E-state index in [1.54, 1.807) is 6.92 Å². The van der Waals surface area contributed by atoms with Crippen LogP contribution in [0.4, 0.5) is 0 Å². The van der Waals surface area contributed by atoms with Gasteiger partial charge in [0.2, 0.25) is 0 Å². The molecule has 0 rings (SSSR count). The molecule has 0 N–H and O–H groups in total. The Kier molecular flexibility index (Phi) is 5.97. The lowest BCUT2D eigenvalue weighted by Crippen LogP contribution is -2.33. The van der Waals surface area contributed by atoms with Crippen LogP contribution in [0.1, 0.15) is 53.4 Å². The van der Waals surface area contributed by atoms with E-state index in [-0.39, 0.29) is 5.78 Å². The smallest absolute Gasteiger partial charge is 0.160 e. The van der Waals surface area contributed by atoms with Gasteiger partial charge in [-0.2, -0.15) is 0 Å². The van der Waals surface area contributed by atoms with Gasteiger partial charge in [0.05, 0.1) is 0 Å². The summed E-state index contributed by atoms with van der Waals surface area (Å²) in [7, 11) is 0. The summed E-state index contributed by atoms with van der Waals surface area (Å²) < 4.78 is 5.49. The van der Waals surface area contributed by atoms with Crippen molar-refractivity contribution >= 4 is 5.78 Å². The van der Waals surface area contributed by atoms with E-state index in [0.29, 0.717) is 6.61 Å². The summed E-state index contributed by atoms with van der Waals surface area (Å²) >= 11 is 0. The van der Waals surface area contributed by atoms with Crippen LogP contribution in [-0.2, 0) is 9.53 Å². The molecule has 78 valence electrons. The van der Waals surface area contributed by atoms with E-state index in [2.05, 4.69) is 6.92 Å². The number of carbonyl (C=O) groups excluding carboxylic acids is 1. The Morgan fingerprint density at radius 2 is 1.85 bits per heavy atom. The van der Waals surface area contributed by atoms with Crippen LogP contribution in [0.15, 0.2) is 0 Å². The fourth-order valence-corrected chi connectivity index (χ4v) is 0.958. The van der Waals surface area contributed by atoms with Crippen LogP contribution in [0.25, 0.3) is 0 Å². The van der Waals surface area contributed by atoms with Crippen LogP contribution in [0.2, 0.25) is 0 Å². The third-order valence-corrected chi connectivity index (χ3v) is 2.31. The van der Waals surface area contributed by atoms with Crippen LogP contribution in [0.5, 0.6) is 0 Å². The second-order valence-corrected chi connectivity index (χ2v) is 3.98. The van der Waals surface area contributed by atoms with Gasteiger partial charge in [-0.05, 0) is 27.2 Å². The molecule has 0 unspecified atom stereocenters. The first-order chi connectivity index (χ1) is 6.00. The fourth-order valence-electron chi connectivity index (χ4n) is 0.958. The average Bonchev–Trinajstić information content (AvgIpc) is 2.03. The zero-order chi connectivity index (χ0) is 10.3. The molecule has 0 heterocycles. The minimum absolute atomic E-state index is 0.1000. The number of Topliss-reactive ketones (excluding diaryl/α,β-unsaturated/α-hetero) is 1. The monoisotopic (exact) mass is 186 g/mol. The lowest BCUT2D eigenvalue weighted by Gasteiger charge is -2.21. The van der Waals surface area contributed by atoms with Crippen molar-refractivity contribution in [3.8, 4) is 0 Å². The van der Waals surface area contributed by atoms with Gasteiger partial charge in [-0.1, -0.05) is 26.2 Å². The number of rotatable bonds is 7. The number of unbranched alkanes of at least 4 members (excludes halogenated alkanes) is 3. The molecule has 0 saturated heterocycles. The molecule has 0 spiro atoms. The molecule has 0 aromatic rings. The second kappa shape index (κ2) is 6.14. The molecule has 0 radical (unpaired) electrons. The molecule has 0 bridgehead atoms. The first kappa shape index (κ1) is 12.6. The highest BCUT2D eigenvalue weighted by molar-refractivity contribution is 5.83. The number of hydrogen-bond acceptors (Lipinski definition) is 2. The van der Waals surface area contributed by atoms with E-state index in [1.165, 1.54) is 19.3 Å². The Hall–Kier alpha value is -0.370. The third-order valence-electron chi connectivity index (χ3n) is 2.31.